The molecule has 16 heavy (non-hydrogen) atoms. The van der Waals surface area contributed by atoms with Crippen molar-refractivity contribution < 1.29 is 19.4 Å². The SMILES string of the molecule is NC(=O)C(O)CC(=O)OCc1ccccc1. The van der Waals surface area contributed by atoms with Crippen LogP contribution in [0.25, 0.3) is 0 Å². The van der Waals surface area contributed by atoms with Gasteiger partial charge in [-0.25, -0.2) is 0 Å². The zero-order chi connectivity index (χ0) is 12.0. The van der Waals surface area contributed by atoms with Crippen LogP contribution in [-0.4, -0.2) is 23.1 Å². The van der Waals surface area contributed by atoms with Gasteiger partial charge >= 0.3 is 5.97 Å². The highest BCUT2D eigenvalue weighted by atomic mass is 16.5. The topological polar surface area (TPSA) is 89.6 Å². The molecule has 0 radical (unpaired) electrons. The van der Waals surface area contributed by atoms with Crippen LogP contribution >= 0.6 is 0 Å². The molecular weight excluding hydrogens is 210 g/mol. The highest BCUT2D eigenvalue weighted by molar-refractivity contribution is 5.84. The Kier molecular flexibility index (Phi) is 4.47. The summed E-state index contributed by atoms with van der Waals surface area (Å²) in [6.45, 7) is 0.116. The summed E-state index contributed by atoms with van der Waals surface area (Å²) in [5.41, 5.74) is 5.63. The van der Waals surface area contributed by atoms with Crippen molar-refractivity contribution in [1.82, 2.24) is 0 Å². The second-order valence-electron chi connectivity index (χ2n) is 3.27. The van der Waals surface area contributed by atoms with Crippen molar-refractivity contribution in [3.8, 4) is 0 Å². The van der Waals surface area contributed by atoms with Crippen molar-refractivity contribution in [1.29, 1.82) is 0 Å². The van der Waals surface area contributed by atoms with E-state index in [1.54, 1.807) is 12.1 Å². The Labute approximate surface area is 92.8 Å². The zero-order valence-corrected chi connectivity index (χ0v) is 8.63. The van der Waals surface area contributed by atoms with E-state index in [0.29, 0.717) is 0 Å². The van der Waals surface area contributed by atoms with Gasteiger partial charge < -0.3 is 15.6 Å². The monoisotopic (exact) mass is 223 g/mol. The molecule has 5 heteroatoms. The van der Waals surface area contributed by atoms with E-state index in [1.165, 1.54) is 0 Å². The number of esters is 1. The maximum Gasteiger partial charge on any atom is 0.309 e. The Morgan fingerprint density at radius 1 is 1.31 bits per heavy atom. The maximum absolute atomic E-state index is 11.1. The van der Waals surface area contributed by atoms with Crippen molar-refractivity contribution >= 4 is 11.9 Å². The largest absolute Gasteiger partial charge is 0.461 e. The first-order valence-corrected chi connectivity index (χ1v) is 4.76. The highest BCUT2D eigenvalue weighted by Crippen LogP contribution is 2.02. The summed E-state index contributed by atoms with van der Waals surface area (Å²) in [4.78, 5) is 21.6. The summed E-state index contributed by atoms with van der Waals surface area (Å²) < 4.78 is 4.84. The van der Waals surface area contributed by atoms with E-state index in [0.717, 1.165) is 5.56 Å². The molecule has 1 atom stereocenters. The predicted octanol–water partition coefficient (Wildman–Crippen LogP) is -0.0339. The molecule has 86 valence electrons. The number of hydrogen-bond donors (Lipinski definition) is 2. The van der Waals surface area contributed by atoms with E-state index in [1.807, 2.05) is 18.2 Å². The molecule has 0 aliphatic heterocycles. The normalized spacial score (nSPS) is 11.8. The number of aliphatic hydroxyl groups excluding tert-OH is 1. The van der Waals surface area contributed by atoms with Gasteiger partial charge in [-0.3, -0.25) is 9.59 Å². The van der Waals surface area contributed by atoms with Crippen LogP contribution in [0.3, 0.4) is 0 Å². The second-order valence-corrected chi connectivity index (χ2v) is 3.27. The molecule has 0 spiro atoms. The number of amides is 1. The Bertz CT molecular complexity index is 364. The van der Waals surface area contributed by atoms with Crippen LogP contribution in [-0.2, 0) is 20.9 Å². The molecule has 0 fully saturated rings. The maximum atomic E-state index is 11.1. The van der Waals surface area contributed by atoms with Crippen molar-refractivity contribution in [2.75, 3.05) is 0 Å². The van der Waals surface area contributed by atoms with Crippen LogP contribution in [0.5, 0.6) is 0 Å². The van der Waals surface area contributed by atoms with E-state index >= 15 is 0 Å². The summed E-state index contributed by atoms with van der Waals surface area (Å²) in [7, 11) is 0. The molecule has 5 nitrogen and oxygen atoms in total. The molecule has 0 aliphatic rings. The molecule has 1 rings (SSSR count). The molecule has 0 aromatic heterocycles. The molecule has 1 amide bonds. The highest BCUT2D eigenvalue weighted by Gasteiger charge is 2.16. The standard InChI is InChI=1S/C11H13NO4/c12-11(15)9(13)6-10(14)16-7-8-4-2-1-3-5-8/h1-5,9,13H,6-7H2,(H2,12,15). The molecule has 1 aromatic carbocycles. The van der Waals surface area contributed by atoms with E-state index in [-0.39, 0.29) is 6.61 Å². The minimum absolute atomic E-state index is 0.116. The number of carbonyl (C=O) groups excluding carboxylic acids is 2. The van der Waals surface area contributed by atoms with Crippen LogP contribution < -0.4 is 5.73 Å². The number of nitrogens with two attached hydrogens (primary N) is 1. The Balaban J connectivity index is 2.33. The number of primary amides is 1. The van der Waals surface area contributed by atoms with Gasteiger partial charge in [-0.05, 0) is 5.56 Å². The summed E-state index contributed by atoms with van der Waals surface area (Å²) in [6, 6.07) is 9.10. The first-order valence-electron chi connectivity index (χ1n) is 4.76. The third-order valence-corrected chi connectivity index (χ3v) is 1.93. The van der Waals surface area contributed by atoms with Crippen LogP contribution in [0.15, 0.2) is 30.3 Å². The molecule has 1 aromatic rings. The van der Waals surface area contributed by atoms with E-state index < -0.39 is 24.4 Å². The molecule has 0 heterocycles. The number of ether oxygens (including phenoxy) is 1. The average Bonchev–Trinajstić information content (AvgIpc) is 2.27. The van der Waals surface area contributed by atoms with Gasteiger partial charge in [0.15, 0.2) is 0 Å². The fourth-order valence-electron chi connectivity index (χ4n) is 1.06. The summed E-state index contributed by atoms with van der Waals surface area (Å²) in [5, 5.41) is 9.02. The molecule has 0 aliphatic carbocycles. The van der Waals surface area contributed by atoms with Crippen LogP contribution in [0, 0.1) is 0 Å². The Hall–Kier alpha value is -1.88. The first kappa shape index (κ1) is 12.2. The molecule has 0 saturated carbocycles. The lowest BCUT2D eigenvalue weighted by molar-refractivity contribution is -0.149. The molecule has 0 saturated heterocycles. The second kappa shape index (κ2) is 5.87. The predicted molar refractivity (Wildman–Crippen MR) is 56.1 cm³/mol. The van der Waals surface area contributed by atoms with Gasteiger partial charge in [0.25, 0.3) is 0 Å². The fourth-order valence-corrected chi connectivity index (χ4v) is 1.06. The number of hydrogen-bond acceptors (Lipinski definition) is 4. The van der Waals surface area contributed by atoms with E-state index in [9.17, 15) is 9.59 Å². The molecule has 3 N–H and O–H groups in total. The van der Waals surface area contributed by atoms with Crippen molar-refractivity contribution in [3.63, 3.8) is 0 Å². The minimum Gasteiger partial charge on any atom is -0.461 e. The molecular formula is C11H13NO4. The van der Waals surface area contributed by atoms with Gasteiger partial charge in [-0.15, -0.1) is 0 Å². The Morgan fingerprint density at radius 2 is 1.94 bits per heavy atom. The number of carbonyl (C=O) groups is 2. The molecule has 0 bridgehead atoms. The lowest BCUT2D eigenvalue weighted by Crippen LogP contribution is -2.30. The summed E-state index contributed by atoms with van der Waals surface area (Å²) in [5.74, 6) is -1.59. The summed E-state index contributed by atoms with van der Waals surface area (Å²) in [6.07, 6.45) is -1.90. The van der Waals surface area contributed by atoms with Crippen LogP contribution in [0.2, 0.25) is 0 Å². The third-order valence-electron chi connectivity index (χ3n) is 1.93. The minimum atomic E-state index is -1.48. The van der Waals surface area contributed by atoms with Crippen molar-refractivity contribution in [3.05, 3.63) is 35.9 Å². The van der Waals surface area contributed by atoms with Crippen LogP contribution in [0.1, 0.15) is 12.0 Å². The number of aliphatic hydroxyl groups is 1. The van der Waals surface area contributed by atoms with E-state index in [4.69, 9.17) is 15.6 Å². The van der Waals surface area contributed by atoms with E-state index in [2.05, 4.69) is 0 Å². The van der Waals surface area contributed by atoms with Gasteiger partial charge in [-0.1, -0.05) is 30.3 Å². The lowest BCUT2D eigenvalue weighted by atomic mass is 10.2. The Morgan fingerprint density at radius 3 is 2.50 bits per heavy atom. The van der Waals surface area contributed by atoms with Gasteiger partial charge in [0.05, 0.1) is 6.42 Å². The van der Waals surface area contributed by atoms with Crippen molar-refractivity contribution in [2.24, 2.45) is 5.73 Å². The molecule has 1 unspecified atom stereocenters. The average molecular weight is 223 g/mol. The smallest absolute Gasteiger partial charge is 0.309 e. The quantitative estimate of drug-likeness (QED) is 0.686. The van der Waals surface area contributed by atoms with Gasteiger partial charge in [0.2, 0.25) is 5.91 Å². The summed E-state index contributed by atoms with van der Waals surface area (Å²) >= 11 is 0. The number of benzene rings is 1. The van der Waals surface area contributed by atoms with Gasteiger partial charge in [0.1, 0.15) is 12.7 Å². The van der Waals surface area contributed by atoms with Gasteiger partial charge in [0, 0.05) is 0 Å². The number of rotatable bonds is 5. The first-order chi connectivity index (χ1) is 7.59. The van der Waals surface area contributed by atoms with Crippen LogP contribution in [0.4, 0.5) is 0 Å². The lowest BCUT2D eigenvalue weighted by Gasteiger charge is -2.07. The third kappa shape index (κ3) is 4.10. The fraction of sp³-hybridized carbons (Fsp3) is 0.273. The zero-order valence-electron chi connectivity index (χ0n) is 8.63. The van der Waals surface area contributed by atoms with Gasteiger partial charge in [-0.2, -0.15) is 0 Å². The van der Waals surface area contributed by atoms with Crippen molar-refractivity contribution in [2.45, 2.75) is 19.1 Å².